The van der Waals surface area contributed by atoms with Crippen LogP contribution in [0.1, 0.15) is 16.1 Å². The van der Waals surface area contributed by atoms with Crippen molar-refractivity contribution in [2.45, 2.75) is 0 Å². The van der Waals surface area contributed by atoms with Crippen LogP contribution >= 0.6 is 0 Å². The normalized spacial score (nSPS) is 15.8. The van der Waals surface area contributed by atoms with Crippen LogP contribution in [0.15, 0.2) is 59.0 Å². The Balaban J connectivity index is 1.79. The minimum Gasteiger partial charge on any atom is -0.459 e. The van der Waals surface area contributed by atoms with Gasteiger partial charge in [-0.05, 0) is 24.3 Å². The van der Waals surface area contributed by atoms with E-state index in [4.69, 9.17) is 4.42 Å². The third-order valence-corrected chi connectivity index (χ3v) is 7.57. The molecule has 0 saturated carbocycles. The van der Waals surface area contributed by atoms with Gasteiger partial charge in [0.15, 0.2) is 5.76 Å². The van der Waals surface area contributed by atoms with Crippen molar-refractivity contribution in [3.05, 3.63) is 65.9 Å². The van der Waals surface area contributed by atoms with Crippen molar-refractivity contribution in [1.82, 2.24) is 18.5 Å². The van der Waals surface area contributed by atoms with E-state index in [2.05, 4.69) is 12.4 Å². The highest BCUT2D eigenvalue weighted by Crippen LogP contribution is 2.26. The number of amides is 2. The van der Waals surface area contributed by atoms with Gasteiger partial charge >= 0.3 is 10.2 Å². The molecule has 1 fully saturated rings. The van der Waals surface area contributed by atoms with Gasteiger partial charge in [-0.15, -0.1) is 0 Å². The van der Waals surface area contributed by atoms with Gasteiger partial charge in [-0.3, -0.25) is 9.59 Å². The number of rotatable bonds is 6. The molecule has 1 aliphatic rings. The monoisotopic (exact) mass is 486 g/mol. The third-order valence-electron chi connectivity index (χ3n) is 5.85. The molecule has 3 heterocycles. The topological polar surface area (TPSA) is 109 Å². The first-order valence-corrected chi connectivity index (χ1v) is 12.3. The van der Waals surface area contributed by atoms with Gasteiger partial charge in [0.2, 0.25) is 0 Å². The predicted octanol–water partition coefficient (Wildman–Crippen LogP) is 0.0166. The van der Waals surface area contributed by atoms with E-state index in [1.807, 2.05) is 0 Å². The Morgan fingerprint density at radius 1 is 1.12 bits per heavy atom. The minimum absolute atomic E-state index is 0.0473. The Morgan fingerprint density at radius 2 is 1.82 bits per heavy atom. The highest BCUT2D eigenvalue weighted by Gasteiger charge is 2.27. The number of quaternary nitrogens is 1. The van der Waals surface area contributed by atoms with Gasteiger partial charge in [0.05, 0.1) is 45.0 Å². The van der Waals surface area contributed by atoms with Gasteiger partial charge in [0, 0.05) is 31.2 Å². The van der Waals surface area contributed by atoms with Crippen LogP contribution in [-0.4, -0.2) is 80.7 Å². The Bertz CT molecular complexity index is 1330. The maximum atomic E-state index is 13.4. The van der Waals surface area contributed by atoms with Gasteiger partial charge in [0.1, 0.15) is 5.70 Å². The van der Waals surface area contributed by atoms with Crippen LogP contribution in [0.2, 0.25) is 0 Å². The second-order valence-corrected chi connectivity index (χ2v) is 10.4. The molecule has 0 spiro atoms. The number of carbonyl (C=O) groups is 2. The molecular formula is C23H28N5O5S+. The molecule has 0 atom stereocenters. The number of likely N-dealkylation sites (N-methyl/N-ethyl adjacent to an activating group) is 1. The smallest absolute Gasteiger partial charge is 0.307 e. The number of piperazine rings is 1. The fourth-order valence-electron chi connectivity index (χ4n) is 3.82. The molecule has 0 unspecified atom stereocenters. The number of para-hydroxylation sites is 1. The molecule has 2 aromatic heterocycles. The summed E-state index contributed by atoms with van der Waals surface area (Å²) in [4.78, 5) is 29.2. The molecule has 1 aromatic carbocycles. The highest BCUT2D eigenvalue weighted by molar-refractivity contribution is 7.87. The lowest BCUT2D eigenvalue weighted by Gasteiger charge is -2.30. The fraction of sp³-hybridized carbons (Fsp3) is 0.304. The maximum Gasteiger partial charge on any atom is 0.307 e. The van der Waals surface area contributed by atoms with Crippen LogP contribution in [-0.2, 0) is 15.0 Å². The van der Waals surface area contributed by atoms with Gasteiger partial charge < -0.3 is 19.5 Å². The van der Waals surface area contributed by atoms with Crippen LogP contribution < -0.4 is 10.2 Å². The van der Waals surface area contributed by atoms with E-state index in [0.29, 0.717) is 29.6 Å². The lowest BCUT2D eigenvalue weighted by Crippen LogP contribution is -3.12. The number of hydrogen-bond acceptors (Lipinski definition) is 5. The molecule has 34 heavy (non-hydrogen) atoms. The molecule has 11 heteroatoms. The Labute approximate surface area is 198 Å². The van der Waals surface area contributed by atoms with E-state index in [-0.39, 0.29) is 17.4 Å². The van der Waals surface area contributed by atoms with Crippen molar-refractivity contribution in [3.63, 3.8) is 0 Å². The average Bonchev–Trinajstić information content (AvgIpc) is 3.48. The molecule has 0 bridgehead atoms. The summed E-state index contributed by atoms with van der Waals surface area (Å²) in [7, 11) is 1.17. The zero-order valence-electron chi connectivity index (χ0n) is 19.3. The van der Waals surface area contributed by atoms with E-state index >= 15 is 0 Å². The lowest BCUT2D eigenvalue weighted by molar-refractivity contribution is -0.883. The summed E-state index contributed by atoms with van der Waals surface area (Å²) >= 11 is 0. The quantitative estimate of drug-likeness (QED) is 0.478. The van der Waals surface area contributed by atoms with Gasteiger partial charge in [0.25, 0.3) is 11.8 Å². The van der Waals surface area contributed by atoms with Gasteiger partial charge in [-0.2, -0.15) is 12.7 Å². The maximum absolute atomic E-state index is 13.4. The molecule has 10 nitrogen and oxygen atoms in total. The molecule has 3 aromatic rings. The molecule has 4 rings (SSSR count). The van der Waals surface area contributed by atoms with E-state index in [1.54, 1.807) is 35.2 Å². The number of nitrogens with one attached hydrogen (secondary N) is 2. The molecule has 0 radical (unpaired) electrons. The van der Waals surface area contributed by atoms with Crippen LogP contribution in [0.5, 0.6) is 0 Å². The summed E-state index contributed by atoms with van der Waals surface area (Å²) in [6.07, 6.45) is 4.36. The summed E-state index contributed by atoms with van der Waals surface area (Å²) in [6.45, 7) is 2.70. The lowest BCUT2D eigenvalue weighted by atomic mass is 10.1. The molecule has 2 N–H and O–H groups in total. The van der Waals surface area contributed by atoms with E-state index in [0.717, 1.165) is 17.4 Å². The average molecular weight is 487 g/mol. The molecule has 0 aliphatic carbocycles. The van der Waals surface area contributed by atoms with Gasteiger partial charge in [-0.25, -0.2) is 3.97 Å². The van der Waals surface area contributed by atoms with Crippen molar-refractivity contribution in [2.75, 3.05) is 47.3 Å². The van der Waals surface area contributed by atoms with Crippen molar-refractivity contribution >= 4 is 39.0 Å². The van der Waals surface area contributed by atoms with Crippen LogP contribution in [0.4, 0.5) is 0 Å². The van der Waals surface area contributed by atoms with E-state index < -0.39 is 16.1 Å². The number of aromatic nitrogens is 1. The number of fused-ring (bicyclic) bond motifs is 1. The largest absolute Gasteiger partial charge is 0.459 e. The number of nitrogens with zero attached hydrogens (tertiary/aromatic N) is 3. The Kier molecular flexibility index (Phi) is 6.60. The van der Waals surface area contributed by atoms with Crippen molar-refractivity contribution in [2.24, 2.45) is 0 Å². The zero-order chi connectivity index (χ0) is 24.5. The second kappa shape index (κ2) is 9.45. The number of furan rings is 1. The number of carbonyl (C=O) groups excluding carboxylic acids is 2. The summed E-state index contributed by atoms with van der Waals surface area (Å²) in [5.41, 5.74) is 1.00. The standard InChI is InChI=1S/C23H27N5O5S/c1-25(2)34(31,32)28-16-17(18-7-4-5-8-20(18)28)15-19(24-22(29)21-9-6-14-33-21)23(30)27-12-10-26(3)11-13-27/h4-9,14-16H,10-13H2,1-3H3,(H,24,29)/p+1/b19-15-. The summed E-state index contributed by atoms with van der Waals surface area (Å²) in [6, 6.07) is 10.1. The number of hydrogen-bond donors (Lipinski definition) is 2. The first-order chi connectivity index (χ1) is 16.2. The summed E-state index contributed by atoms with van der Waals surface area (Å²) in [5, 5.41) is 3.31. The number of benzene rings is 1. The molecular weight excluding hydrogens is 458 g/mol. The van der Waals surface area contributed by atoms with Crippen LogP contribution in [0.3, 0.4) is 0 Å². The molecule has 1 aliphatic heterocycles. The SMILES string of the molecule is CN(C)S(=O)(=O)n1cc(/C=C(\NC(=O)c2ccco2)C(=O)N2CC[NH+](C)CC2)c2ccccc21. The summed E-state index contributed by atoms with van der Waals surface area (Å²) in [5.74, 6) is -0.826. The van der Waals surface area contributed by atoms with Crippen molar-refractivity contribution < 1.29 is 27.3 Å². The molecule has 2 amide bonds. The van der Waals surface area contributed by atoms with Crippen molar-refractivity contribution in [3.8, 4) is 0 Å². The Hall–Kier alpha value is -3.41. The summed E-state index contributed by atoms with van der Waals surface area (Å²) < 4.78 is 33.3. The third kappa shape index (κ3) is 4.63. The minimum atomic E-state index is -3.80. The zero-order valence-corrected chi connectivity index (χ0v) is 20.1. The van der Waals surface area contributed by atoms with E-state index in [1.165, 1.54) is 47.6 Å². The first kappa shape index (κ1) is 23.7. The van der Waals surface area contributed by atoms with Crippen molar-refractivity contribution in [1.29, 1.82) is 0 Å². The second-order valence-electron chi connectivity index (χ2n) is 8.43. The predicted molar refractivity (Wildman–Crippen MR) is 127 cm³/mol. The highest BCUT2D eigenvalue weighted by atomic mass is 32.2. The first-order valence-electron chi connectivity index (χ1n) is 10.9. The molecule has 180 valence electrons. The van der Waals surface area contributed by atoms with Crippen LogP contribution in [0.25, 0.3) is 17.0 Å². The van der Waals surface area contributed by atoms with Gasteiger partial charge in [-0.1, -0.05) is 18.2 Å². The Morgan fingerprint density at radius 3 is 2.47 bits per heavy atom. The van der Waals surface area contributed by atoms with E-state index in [9.17, 15) is 18.0 Å². The van der Waals surface area contributed by atoms with Crippen LogP contribution in [0, 0.1) is 0 Å². The fourth-order valence-corrected chi connectivity index (χ4v) is 4.82. The molecule has 1 saturated heterocycles.